The summed E-state index contributed by atoms with van der Waals surface area (Å²) in [6, 6.07) is 3.77. The molecule has 0 aliphatic rings. The SMILES string of the molecule is Nc1nc(/N=C/c2ccc[nH]2)n[nH]1. The zero-order valence-corrected chi connectivity index (χ0v) is 6.73. The van der Waals surface area contributed by atoms with Gasteiger partial charge in [0, 0.05) is 6.20 Å². The van der Waals surface area contributed by atoms with Gasteiger partial charge in [-0.3, -0.25) is 0 Å². The van der Waals surface area contributed by atoms with E-state index in [1.807, 2.05) is 18.3 Å². The van der Waals surface area contributed by atoms with Crippen molar-refractivity contribution in [2.75, 3.05) is 5.73 Å². The molecule has 6 heteroatoms. The topological polar surface area (TPSA) is 95.7 Å². The number of nitrogens with zero attached hydrogens (tertiary/aromatic N) is 3. The highest BCUT2D eigenvalue weighted by Gasteiger charge is 1.94. The first kappa shape index (κ1) is 7.53. The van der Waals surface area contributed by atoms with Gasteiger partial charge in [-0.15, -0.1) is 5.10 Å². The average molecular weight is 176 g/mol. The zero-order valence-electron chi connectivity index (χ0n) is 6.73. The van der Waals surface area contributed by atoms with Crippen molar-refractivity contribution < 1.29 is 0 Å². The Morgan fingerprint density at radius 2 is 2.46 bits per heavy atom. The number of aromatic nitrogens is 4. The standard InChI is InChI=1S/C7H8N6/c8-6-11-7(13-12-6)10-4-5-2-1-3-9-5/h1-4,9H,(H3,8,11,12,13)/b10-4+. The van der Waals surface area contributed by atoms with Crippen LogP contribution in [0, 0.1) is 0 Å². The molecule has 0 fully saturated rings. The van der Waals surface area contributed by atoms with Crippen molar-refractivity contribution in [3.05, 3.63) is 24.0 Å². The smallest absolute Gasteiger partial charge is 0.269 e. The van der Waals surface area contributed by atoms with Crippen LogP contribution in [0.5, 0.6) is 0 Å². The van der Waals surface area contributed by atoms with E-state index in [9.17, 15) is 0 Å². The molecule has 2 aromatic heterocycles. The van der Waals surface area contributed by atoms with E-state index in [4.69, 9.17) is 5.73 Å². The molecule has 13 heavy (non-hydrogen) atoms. The molecule has 0 atom stereocenters. The summed E-state index contributed by atoms with van der Waals surface area (Å²) in [4.78, 5) is 10.8. The van der Waals surface area contributed by atoms with Crippen LogP contribution in [-0.4, -0.2) is 26.4 Å². The number of rotatable bonds is 2. The van der Waals surface area contributed by atoms with E-state index in [1.165, 1.54) is 0 Å². The van der Waals surface area contributed by atoms with E-state index < -0.39 is 0 Å². The number of aliphatic imine (C=N–C) groups is 1. The molecule has 2 rings (SSSR count). The molecule has 0 radical (unpaired) electrons. The maximum absolute atomic E-state index is 5.32. The third kappa shape index (κ3) is 1.73. The summed E-state index contributed by atoms with van der Waals surface area (Å²) in [6.45, 7) is 0. The lowest BCUT2D eigenvalue weighted by Crippen LogP contribution is -1.84. The number of nitrogen functional groups attached to an aromatic ring is 1. The summed E-state index contributed by atoms with van der Waals surface area (Å²) in [5.41, 5.74) is 6.21. The van der Waals surface area contributed by atoms with Crippen molar-refractivity contribution in [1.29, 1.82) is 0 Å². The van der Waals surface area contributed by atoms with Gasteiger partial charge in [-0.1, -0.05) is 0 Å². The first-order valence-corrected chi connectivity index (χ1v) is 3.70. The second-order valence-corrected chi connectivity index (χ2v) is 2.40. The highest BCUT2D eigenvalue weighted by molar-refractivity contribution is 5.78. The highest BCUT2D eigenvalue weighted by atomic mass is 15.3. The van der Waals surface area contributed by atoms with Gasteiger partial charge in [-0.05, 0) is 12.1 Å². The minimum absolute atomic E-state index is 0.263. The highest BCUT2D eigenvalue weighted by Crippen LogP contribution is 2.03. The Morgan fingerprint density at radius 1 is 1.54 bits per heavy atom. The van der Waals surface area contributed by atoms with E-state index in [0.717, 1.165) is 5.69 Å². The average Bonchev–Trinajstić information content (AvgIpc) is 2.71. The van der Waals surface area contributed by atoms with Gasteiger partial charge in [0.2, 0.25) is 5.95 Å². The molecule has 0 saturated carbocycles. The lowest BCUT2D eigenvalue weighted by molar-refractivity contribution is 1.09. The zero-order chi connectivity index (χ0) is 9.10. The molecule has 0 bridgehead atoms. The van der Waals surface area contributed by atoms with Crippen LogP contribution < -0.4 is 5.73 Å². The Bertz CT molecular complexity index is 398. The molecule has 2 aromatic rings. The largest absolute Gasteiger partial charge is 0.368 e. The van der Waals surface area contributed by atoms with Gasteiger partial charge in [-0.25, -0.2) is 10.1 Å². The van der Waals surface area contributed by atoms with Crippen LogP contribution >= 0.6 is 0 Å². The van der Waals surface area contributed by atoms with Crippen LogP contribution in [0.2, 0.25) is 0 Å². The summed E-state index contributed by atoms with van der Waals surface area (Å²) in [5.74, 6) is 0.589. The third-order valence-corrected chi connectivity index (χ3v) is 1.43. The van der Waals surface area contributed by atoms with E-state index in [2.05, 4.69) is 25.2 Å². The molecule has 0 amide bonds. The van der Waals surface area contributed by atoms with Crippen molar-refractivity contribution in [1.82, 2.24) is 20.2 Å². The number of nitrogens with two attached hydrogens (primary N) is 1. The Balaban J connectivity index is 2.14. The second kappa shape index (κ2) is 3.10. The van der Waals surface area contributed by atoms with Crippen molar-refractivity contribution in [2.45, 2.75) is 0 Å². The fraction of sp³-hybridized carbons (Fsp3) is 0. The minimum atomic E-state index is 0.263. The van der Waals surface area contributed by atoms with Crippen molar-refractivity contribution in [2.24, 2.45) is 4.99 Å². The summed E-state index contributed by atoms with van der Waals surface area (Å²) >= 11 is 0. The fourth-order valence-electron chi connectivity index (χ4n) is 0.875. The number of anilines is 1. The molecule has 0 unspecified atom stereocenters. The molecule has 0 saturated heterocycles. The molecule has 6 nitrogen and oxygen atoms in total. The minimum Gasteiger partial charge on any atom is -0.368 e. The van der Waals surface area contributed by atoms with Gasteiger partial charge in [-0.2, -0.15) is 4.98 Å². The van der Waals surface area contributed by atoms with E-state index >= 15 is 0 Å². The molecule has 4 N–H and O–H groups in total. The third-order valence-electron chi connectivity index (χ3n) is 1.43. The predicted octanol–water partition coefficient (Wildman–Crippen LogP) is 0.466. The maximum Gasteiger partial charge on any atom is 0.269 e. The summed E-state index contributed by atoms with van der Waals surface area (Å²) in [7, 11) is 0. The molecule has 66 valence electrons. The van der Waals surface area contributed by atoms with Crippen molar-refractivity contribution >= 4 is 18.1 Å². The van der Waals surface area contributed by atoms with Crippen LogP contribution in [0.25, 0.3) is 0 Å². The lowest BCUT2D eigenvalue weighted by Gasteiger charge is -1.81. The van der Waals surface area contributed by atoms with E-state index in [-0.39, 0.29) is 5.95 Å². The Labute approximate surface area is 73.9 Å². The molecule has 0 spiro atoms. The molecule has 0 aliphatic carbocycles. The quantitative estimate of drug-likeness (QED) is 0.580. The first-order chi connectivity index (χ1) is 6.34. The molecular weight excluding hydrogens is 168 g/mol. The van der Waals surface area contributed by atoms with Crippen LogP contribution in [0.4, 0.5) is 11.9 Å². The van der Waals surface area contributed by atoms with Gasteiger partial charge < -0.3 is 10.7 Å². The van der Waals surface area contributed by atoms with Crippen molar-refractivity contribution in [3.8, 4) is 0 Å². The number of aromatic amines is 2. The van der Waals surface area contributed by atoms with Gasteiger partial charge in [0.05, 0.1) is 11.9 Å². The van der Waals surface area contributed by atoms with Gasteiger partial charge >= 0.3 is 0 Å². The number of hydrogen-bond donors (Lipinski definition) is 3. The number of nitrogens with one attached hydrogen (secondary N) is 2. The monoisotopic (exact) mass is 176 g/mol. The van der Waals surface area contributed by atoms with Gasteiger partial charge in [0.25, 0.3) is 5.95 Å². The van der Waals surface area contributed by atoms with Gasteiger partial charge in [0.1, 0.15) is 0 Å². The van der Waals surface area contributed by atoms with Crippen LogP contribution in [0.3, 0.4) is 0 Å². The Morgan fingerprint density at radius 3 is 3.08 bits per heavy atom. The fourth-order valence-corrected chi connectivity index (χ4v) is 0.875. The number of hydrogen-bond acceptors (Lipinski definition) is 4. The van der Waals surface area contributed by atoms with E-state index in [0.29, 0.717) is 5.95 Å². The van der Waals surface area contributed by atoms with E-state index in [1.54, 1.807) is 6.21 Å². The summed E-state index contributed by atoms with van der Waals surface area (Å²) in [5, 5.41) is 6.23. The van der Waals surface area contributed by atoms with Crippen LogP contribution in [-0.2, 0) is 0 Å². The molecular formula is C7H8N6. The molecule has 0 aliphatic heterocycles. The maximum atomic E-state index is 5.32. The number of H-pyrrole nitrogens is 2. The second-order valence-electron chi connectivity index (χ2n) is 2.40. The van der Waals surface area contributed by atoms with Crippen molar-refractivity contribution in [3.63, 3.8) is 0 Å². The Hall–Kier alpha value is -2.11. The normalized spacial score (nSPS) is 11.1. The van der Waals surface area contributed by atoms with Crippen LogP contribution in [0.1, 0.15) is 5.69 Å². The molecule has 2 heterocycles. The predicted molar refractivity (Wildman–Crippen MR) is 48.8 cm³/mol. The van der Waals surface area contributed by atoms with Crippen LogP contribution in [0.15, 0.2) is 23.3 Å². The lowest BCUT2D eigenvalue weighted by atomic mass is 10.5. The molecule has 0 aromatic carbocycles. The Kier molecular flexibility index (Phi) is 1.79. The summed E-state index contributed by atoms with van der Waals surface area (Å²) in [6.07, 6.45) is 3.44. The summed E-state index contributed by atoms with van der Waals surface area (Å²) < 4.78 is 0. The first-order valence-electron chi connectivity index (χ1n) is 3.70. The van der Waals surface area contributed by atoms with Gasteiger partial charge in [0.15, 0.2) is 0 Å².